The summed E-state index contributed by atoms with van der Waals surface area (Å²) in [6, 6.07) is 0. The molecule has 0 aliphatic carbocycles. The van der Waals surface area contributed by atoms with Gasteiger partial charge in [-0.25, -0.2) is 0 Å². The molecule has 0 aromatic rings. The van der Waals surface area contributed by atoms with Crippen LogP contribution in [0.25, 0.3) is 0 Å². The Labute approximate surface area is 62.1 Å². The van der Waals surface area contributed by atoms with Gasteiger partial charge in [0.1, 0.15) is 12.5 Å². The van der Waals surface area contributed by atoms with Gasteiger partial charge in [0.2, 0.25) is 0 Å². The van der Waals surface area contributed by atoms with Crippen LogP contribution in [-0.4, -0.2) is 20.4 Å². The second-order valence-corrected chi connectivity index (χ2v) is 1.26. The van der Waals surface area contributed by atoms with Crippen LogP contribution in [0.4, 0.5) is 0 Å². The van der Waals surface area contributed by atoms with Gasteiger partial charge >= 0.3 is 11.9 Å². The number of hydrogen-bond donors (Lipinski definition) is 4. The van der Waals surface area contributed by atoms with Crippen molar-refractivity contribution in [2.45, 2.75) is 0 Å². The molecule has 0 radical (unpaired) electrons. The fourth-order valence-electron chi connectivity index (χ4n) is 0.261. The molecule has 0 unspecified atom stereocenters. The quantitative estimate of drug-likeness (QED) is 0.357. The highest BCUT2D eigenvalue weighted by molar-refractivity contribution is 4.86. The minimum Gasteiger partial charge on any atom is -0.507 e. The Morgan fingerprint density at radius 3 is 1.64 bits per heavy atom. The molecule has 0 saturated carbocycles. The lowest BCUT2D eigenvalue weighted by Gasteiger charge is -1.94. The van der Waals surface area contributed by atoms with Crippen molar-refractivity contribution in [2.24, 2.45) is 0 Å². The molecule has 5 nitrogen and oxygen atoms in total. The lowest BCUT2D eigenvalue weighted by Crippen LogP contribution is -1.88. The summed E-state index contributed by atoms with van der Waals surface area (Å²) >= 11 is 0. The fraction of sp³-hybridized carbons (Fsp3) is 0. The molecule has 0 fully saturated rings. The molecular weight excluding hydrogens is 152 g/mol. The average molecular weight is 158 g/mol. The molecule has 5 heteroatoms. The lowest BCUT2D eigenvalue weighted by molar-refractivity contribution is 0.0694. The third kappa shape index (κ3) is 4.54. The first kappa shape index (κ1) is 9.04. The van der Waals surface area contributed by atoms with Gasteiger partial charge in [-0.3, -0.25) is 0 Å². The van der Waals surface area contributed by atoms with E-state index in [0.29, 0.717) is 12.5 Å². The van der Waals surface area contributed by atoms with E-state index in [1.165, 1.54) is 0 Å². The second-order valence-electron chi connectivity index (χ2n) is 1.26. The maximum absolute atomic E-state index is 8.52. The van der Waals surface area contributed by atoms with E-state index in [0.717, 1.165) is 0 Å². The molecule has 0 bridgehead atoms. The maximum Gasteiger partial charge on any atom is 0.336 e. The van der Waals surface area contributed by atoms with Crippen molar-refractivity contribution in [1.82, 2.24) is 0 Å². The number of aliphatic hydroxyl groups is 4. The van der Waals surface area contributed by atoms with Gasteiger partial charge in [0.25, 0.3) is 0 Å². The van der Waals surface area contributed by atoms with Crippen LogP contribution in [-0.2, 0) is 4.74 Å². The van der Waals surface area contributed by atoms with E-state index in [1.54, 1.807) is 11.5 Å². The summed E-state index contributed by atoms with van der Waals surface area (Å²) in [5.41, 5.74) is 3.60. The van der Waals surface area contributed by atoms with Crippen molar-refractivity contribution in [3.8, 4) is 0 Å². The van der Waals surface area contributed by atoms with Crippen molar-refractivity contribution >= 4 is 0 Å². The van der Waals surface area contributed by atoms with E-state index in [9.17, 15) is 0 Å². The standard InChI is InChI=1S/C6H6O5/c7-3-1-5(9)11-6(10)2-4-8/h3-4,7-10H. The predicted molar refractivity (Wildman–Crippen MR) is 34.8 cm³/mol. The van der Waals surface area contributed by atoms with Crippen molar-refractivity contribution in [3.63, 3.8) is 0 Å². The van der Waals surface area contributed by atoms with Crippen LogP contribution in [0.1, 0.15) is 0 Å². The topological polar surface area (TPSA) is 90.2 Å². The second kappa shape index (κ2) is 4.88. The Bertz CT molecular complexity index is 214. The van der Waals surface area contributed by atoms with Crippen LogP contribution in [0, 0.1) is 0 Å². The zero-order valence-corrected chi connectivity index (χ0v) is 5.35. The van der Waals surface area contributed by atoms with Gasteiger partial charge in [0.05, 0.1) is 0 Å². The summed E-state index contributed by atoms with van der Waals surface area (Å²) in [7, 11) is 0. The highest BCUT2D eigenvalue weighted by Crippen LogP contribution is 1.95. The van der Waals surface area contributed by atoms with Crippen LogP contribution in [0.5, 0.6) is 0 Å². The van der Waals surface area contributed by atoms with Crippen LogP contribution < -0.4 is 0 Å². The Morgan fingerprint density at radius 2 is 1.36 bits per heavy atom. The van der Waals surface area contributed by atoms with E-state index in [2.05, 4.69) is 4.74 Å². The van der Waals surface area contributed by atoms with Crippen molar-refractivity contribution in [2.75, 3.05) is 0 Å². The monoisotopic (exact) mass is 158 g/mol. The third-order valence-corrected chi connectivity index (χ3v) is 0.569. The normalized spacial score (nSPS) is 6.91. The number of hydrogen-bond acceptors (Lipinski definition) is 5. The Morgan fingerprint density at radius 1 is 1.00 bits per heavy atom. The van der Waals surface area contributed by atoms with E-state index in [-0.39, 0.29) is 0 Å². The molecule has 0 spiro atoms. The van der Waals surface area contributed by atoms with Gasteiger partial charge in [-0.1, -0.05) is 0 Å². The summed E-state index contributed by atoms with van der Waals surface area (Å²) in [5, 5.41) is 33.1. The Kier molecular flexibility index (Phi) is 4.01. The van der Waals surface area contributed by atoms with E-state index >= 15 is 0 Å². The van der Waals surface area contributed by atoms with Gasteiger partial charge in [-0.2, -0.15) is 0 Å². The van der Waals surface area contributed by atoms with Gasteiger partial charge in [0.15, 0.2) is 0 Å². The molecule has 0 saturated heterocycles. The molecule has 11 heavy (non-hydrogen) atoms. The van der Waals surface area contributed by atoms with Gasteiger partial charge < -0.3 is 25.2 Å². The minimum atomic E-state index is -0.848. The summed E-state index contributed by atoms with van der Waals surface area (Å²) < 4.78 is 4.07. The van der Waals surface area contributed by atoms with Gasteiger partial charge in [-0.15, -0.1) is 0 Å². The maximum atomic E-state index is 8.52. The van der Waals surface area contributed by atoms with Crippen molar-refractivity contribution in [3.05, 3.63) is 35.9 Å². The van der Waals surface area contributed by atoms with Gasteiger partial charge in [-0.05, 0) is 0 Å². The molecule has 4 N–H and O–H groups in total. The first-order chi connectivity index (χ1) is 5.20. The number of rotatable bonds is 2. The number of aliphatic hydroxyl groups excluding tert-OH is 4. The molecule has 0 aromatic heterocycles. The molecule has 0 rings (SSSR count). The predicted octanol–water partition coefficient (Wildman–Crippen LogP) is 1.14. The zero-order valence-electron chi connectivity index (χ0n) is 5.35. The molecule has 0 aliphatic heterocycles. The van der Waals surface area contributed by atoms with E-state index in [1.807, 2.05) is 0 Å². The van der Waals surface area contributed by atoms with Crippen LogP contribution in [0.2, 0.25) is 0 Å². The highest BCUT2D eigenvalue weighted by Gasteiger charge is 1.94. The van der Waals surface area contributed by atoms with E-state index in [4.69, 9.17) is 20.4 Å². The molecular formula is C6H6O5. The summed E-state index contributed by atoms with van der Waals surface area (Å²) in [4.78, 5) is 0. The molecule has 0 atom stereocenters. The van der Waals surface area contributed by atoms with Crippen LogP contribution in [0.3, 0.4) is 0 Å². The van der Waals surface area contributed by atoms with Crippen molar-refractivity contribution < 1.29 is 25.2 Å². The summed E-state index contributed by atoms with van der Waals surface area (Å²) in [5.74, 6) is -1.70. The Hall–Kier alpha value is -1.96. The summed E-state index contributed by atoms with van der Waals surface area (Å²) in [6.07, 6.45) is 0.788. The molecule has 0 heterocycles. The minimum absolute atomic E-state index is 0.394. The average Bonchev–Trinajstić information content (AvgIpc) is 1.87. The largest absolute Gasteiger partial charge is 0.507 e. The summed E-state index contributed by atoms with van der Waals surface area (Å²) in [6.45, 7) is 0. The lowest BCUT2D eigenvalue weighted by atomic mass is 10.8. The smallest absolute Gasteiger partial charge is 0.336 e. The molecule has 0 aliphatic rings. The van der Waals surface area contributed by atoms with Crippen molar-refractivity contribution in [1.29, 1.82) is 0 Å². The van der Waals surface area contributed by atoms with Gasteiger partial charge in [0, 0.05) is 11.5 Å². The Balaban J connectivity index is 4.29. The highest BCUT2D eigenvalue weighted by atomic mass is 16.7. The molecule has 0 amide bonds. The zero-order chi connectivity index (χ0) is 8.69. The first-order valence-electron chi connectivity index (χ1n) is 2.45. The molecule has 60 valence electrons. The van der Waals surface area contributed by atoms with E-state index < -0.39 is 11.9 Å². The number of ether oxygens (including phenoxy) is 1. The first-order valence-corrected chi connectivity index (χ1v) is 2.45. The molecule has 0 aromatic carbocycles. The SMILES string of the molecule is OC=C=C(O)OC(O)=C=CO. The third-order valence-electron chi connectivity index (χ3n) is 0.569. The van der Waals surface area contributed by atoms with Crippen LogP contribution >= 0.6 is 0 Å². The fourth-order valence-corrected chi connectivity index (χ4v) is 0.261. The van der Waals surface area contributed by atoms with Crippen LogP contribution in [0.15, 0.2) is 35.9 Å².